The summed E-state index contributed by atoms with van der Waals surface area (Å²) >= 11 is 5.79. The molecule has 2 heteroatoms. The van der Waals surface area contributed by atoms with Crippen molar-refractivity contribution in [2.75, 3.05) is 0 Å². The molecular weight excluding hydrogens is 223 g/mol. The van der Waals surface area contributed by atoms with E-state index in [1.165, 1.54) is 11.6 Å². The Hall–Kier alpha value is -1.34. The number of halogens is 2. The molecule has 0 heterocycles. The Bertz CT molecular complexity index is 462. The van der Waals surface area contributed by atoms with Gasteiger partial charge in [0, 0.05) is 5.02 Å². The highest BCUT2D eigenvalue weighted by molar-refractivity contribution is 6.30. The van der Waals surface area contributed by atoms with E-state index in [-0.39, 0.29) is 5.82 Å². The van der Waals surface area contributed by atoms with E-state index in [0.717, 1.165) is 17.0 Å². The summed E-state index contributed by atoms with van der Waals surface area (Å²) < 4.78 is 13.3. The van der Waals surface area contributed by atoms with Gasteiger partial charge in [0.2, 0.25) is 0 Å². The average molecular weight is 235 g/mol. The van der Waals surface area contributed by atoms with Gasteiger partial charge in [0.1, 0.15) is 5.82 Å². The number of aryl methyl sites for hydroxylation is 2. The van der Waals surface area contributed by atoms with Crippen LogP contribution >= 0.6 is 11.6 Å². The Morgan fingerprint density at radius 3 is 2.25 bits per heavy atom. The number of hydrogen-bond donors (Lipinski definition) is 0. The zero-order valence-corrected chi connectivity index (χ0v) is 9.54. The quantitative estimate of drug-likeness (QED) is 0.744. The Morgan fingerprint density at radius 2 is 1.56 bits per heavy atom. The van der Waals surface area contributed by atoms with E-state index in [2.05, 4.69) is 0 Å². The highest BCUT2D eigenvalue weighted by Crippen LogP contribution is 2.13. The fourth-order valence-electron chi connectivity index (χ4n) is 1.63. The van der Waals surface area contributed by atoms with E-state index >= 15 is 0 Å². The zero-order valence-electron chi connectivity index (χ0n) is 8.79. The predicted octanol–water partition coefficient (Wildman–Crippen LogP) is 4.26. The first-order chi connectivity index (χ1) is 7.75. The summed E-state index contributed by atoms with van der Waals surface area (Å²) in [4.78, 5) is 0. The molecule has 0 radical (unpaired) electrons. The van der Waals surface area contributed by atoms with Gasteiger partial charge in [-0.15, -0.1) is 0 Å². The lowest BCUT2D eigenvalue weighted by molar-refractivity contribution is 0.608. The normalized spacial score (nSPS) is 10.4. The Morgan fingerprint density at radius 1 is 0.875 bits per heavy atom. The summed E-state index contributed by atoms with van der Waals surface area (Å²) in [5.41, 5.74) is 1.94. The monoisotopic (exact) mass is 234 g/mol. The second-order valence-corrected chi connectivity index (χ2v) is 4.15. The molecule has 0 nitrogen and oxygen atoms in total. The second-order valence-electron chi connectivity index (χ2n) is 3.72. The molecular formula is C14H12ClF. The first-order valence-electron chi connectivity index (χ1n) is 5.23. The molecule has 16 heavy (non-hydrogen) atoms. The highest BCUT2D eigenvalue weighted by Gasteiger charge is 2.01. The van der Waals surface area contributed by atoms with Gasteiger partial charge in [0.25, 0.3) is 0 Å². The van der Waals surface area contributed by atoms with E-state index in [0.29, 0.717) is 6.42 Å². The predicted molar refractivity (Wildman–Crippen MR) is 65.3 cm³/mol. The SMILES string of the molecule is Fc1ccccc1CCc1ccc(Cl)cc1. The molecule has 0 unspecified atom stereocenters. The summed E-state index contributed by atoms with van der Waals surface area (Å²) in [6.45, 7) is 0. The van der Waals surface area contributed by atoms with Gasteiger partial charge in [-0.1, -0.05) is 41.9 Å². The number of rotatable bonds is 3. The largest absolute Gasteiger partial charge is 0.207 e. The van der Waals surface area contributed by atoms with Crippen molar-refractivity contribution in [3.8, 4) is 0 Å². The molecule has 82 valence electrons. The van der Waals surface area contributed by atoms with Crippen molar-refractivity contribution in [2.24, 2.45) is 0 Å². The van der Waals surface area contributed by atoms with E-state index in [1.54, 1.807) is 6.07 Å². The molecule has 2 aromatic rings. The highest BCUT2D eigenvalue weighted by atomic mass is 35.5. The molecule has 0 aliphatic heterocycles. The molecule has 0 N–H and O–H groups in total. The van der Waals surface area contributed by atoms with Crippen LogP contribution in [0.25, 0.3) is 0 Å². The number of benzene rings is 2. The van der Waals surface area contributed by atoms with Crippen molar-refractivity contribution >= 4 is 11.6 Å². The van der Waals surface area contributed by atoms with E-state index in [1.807, 2.05) is 36.4 Å². The van der Waals surface area contributed by atoms with Crippen LogP contribution in [0.1, 0.15) is 11.1 Å². The van der Waals surface area contributed by atoms with Crippen LogP contribution in [0.5, 0.6) is 0 Å². The van der Waals surface area contributed by atoms with Gasteiger partial charge >= 0.3 is 0 Å². The summed E-state index contributed by atoms with van der Waals surface area (Å²) in [6.07, 6.45) is 1.55. The zero-order chi connectivity index (χ0) is 11.4. The minimum Gasteiger partial charge on any atom is -0.207 e. The third kappa shape index (κ3) is 2.83. The van der Waals surface area contributed by atoms with Crippen molar-refractivity contribution in [3.05, 3.63) is 70.5 Å². The van der Waals surface area contributed by atoms with Crippen LogP contribution in [-0.4, -0.2) is 0 Å². The fraction of sp³-hybridized carbons (Fsp3) is 0.143. The van der Waals surface area contributed by atoms with Crippen molar-refractivity contribution in [1.29, 1.82) is 0 Å². The van der Waals surface area contributed by atoms with E-state index in [9.17, 15) is 4.39 Å². The third-order valence-electron chi connectivity index (χ3n) is 2.55. The van der Waals surface area contributed by atoms with Gasteiger partial charge in [-0.3, -0.25) is 0 Å². The maximum atomic E-state index is 13.3. The van der Waals surface area contributed by atoms with Crippen LogP contribution < -0.4 is 0 Å². The van der Waals surface area contributed by atoms with Crippen LogP contribution in [0, 0.1) is 5.82 Å². The Labute approximate surface area is 99.7 Å². The molecule has 0 saturated carbocycles. The van der Waals surface area contributed by atoms with Crippen LogP contribution in [0.4, 0.5) is 4.39 Å². The molecule has 2 rings (SSSR count). The molecule has 0 aromatic heterocycles. The van der Waals surface area contributed by atoms with Gasteiger partial charge < -0.3 is 0 Å². The molecule has 0 bridgehead atoms. The standard InChI is InChI=1S/C14H12ClF/c15-13-9-6-11(7-10-13)5-8-12-3-1-2-4-14(12)16/h1-4,6-7,9-10H,5,8H2. The number of hydrogen-bond acceptors (Lipinski definition) is 0. The maximum Gasteiger partial charge on any atom is 0.126 e. The van der Waals surface area contributed by atoms with Crippen molar-refractivity contribution in [3.63, 3.8) is 0 Å². The Balaban J connectivity index is 2.02. The molecule has 0 amide bonds. The van der Waals surface area contributed by atoms with E-state index < -0.39 is 0 Å². The second kappa shape index (κ2) is 5.13. The average Bonchev–Trinajstić information content (AvgIpc) is 2.30. The maximum absolute atomic E-state index is 13.3. The topological polar surface area (TPSA) is 0 Å². The van der Waals surface area contributed by atoms with Crippen molar-refractivity contribution in [2.45, 2.75) is 12.8 Å². The van der Waals surface area contributed by atoms with Crippen LogP contribution in [-0.2, 0) is 12.8 Å². The third-order valence-corrected chi connectivity index (χ3v) is 2.81. The lowest BCUT2D eigenvalue weighted by atomic mass is 10.0. The lowest BCUT2D eigenvalue weighted by Gasteiger charge is -2.03. The smallest absolute Gasteiger partial charge is 0.126 e. The first kappa shape index (κ1) is 11.2. The van der Waals surface area contributed by atoms with E-state index in [4.69, 9.17) is 11.6 Å². The first-order valence-corrected chi connectivity index (χ1v) is 5.61. The summed E-state index contributed by atoms with van der Waals surface area (Å²) in [5, 5.41) is 0.731. The molecule has 2 aromatic carbocycles. The molecule has 0 atom stereocenters. The van der Waals surface area contributed by atoms with Crippen molar-refractivity contribution < 1.29 is 4.39 Å². The molecule has 0 spiro atoms. The summed E-state index contributed by atoms with van der Waals surface area (Å²) in [5.74, 6) is -0.128. The fourth-order valence-corrected chi connectivity index (χ4v) is 1.76. The molecule has 0 fully saturated rings. The van der Waals surface area contributed by atoms with Gasteiger partial charge in [-0.25, -0.2) is 4.39 Å². The Kier molecular flexibility index (Phi) is 3.58. The van der Waals surface area contributed by atoms with Crippen molar-refractivity contribution in [1.82, 2.24) is 0 Å². The van der Waals surface area contributed by atoms with Gasteiger partial charge in [0.05, 0.1) is 0 Å². The molecule has 0 saturated heterocycles. The van der Waals surface area contributed by atoms with Crippen LogP contribution in [0.2, 0.25) is 5.02 Å². The minimum atomic E-state index is -0.128. The lowest BCUT2D eigenvalue weighted by Crippen LogP contribution is -1.94. The molecule has 0 aliphatic carbocycles. The van der Waals surface area contributed by atoms with Gasteiger partial charge in [0.15, 0.2) is 0 Å². The van der Waals surface area contributed by atoms with Gasteiger partial charge in [-0.05, 0) is 42.2 Å². The minimum absolute atomic E-state index is 0.128. The summed E-state index contributed by atoms with van der Waals surface area (Å²) in [7, 11) is 0. The van der Waals surface area contributed by atoms with Gasteiger partial charge in [-0.2, -0.15) is 0 Å². The molecule has 0 aliphatic rings. The van der Waals surface area contributed by atoms with Crippen LogP contribution in [0.15, 0.2) is 48.5 Å². The van der Waals surface area contributed by atoms with Crippen LogP contribution in [0.3, 0.4) is 0 Å². The summed E-state index contributed by atoms with van der Waals surface area (Å²) in [6, 6.07) is 14.6.